The number of hydrogen-bond acceptors (Lipinski definition) is 6. The van der Waals surface area contributed by atoms with Crippen LogP contribution in [0.1, 0.15) is 18.9 Å². The monoisotopic (exact) mass is 323 g/mol. The van der Waals surface area contributed by atoms with Gasteiger partial charge in [-0.25, -0.2) is 9.59 Å². The maximum Gasteiger partial charge on any atom is 0.408 e. The first-order valence-corrected chi connectivity index (χ1v) is 7.10. The molecular formula is C16H21NO6. The third-order valence-corrected chi connectivity index (χ3v) is 3.18. The number of esters is 2. The number of nitrogens with one attached hydrogen (secondary N) is 1. The molecule has 126 valence electrons. The molecule has 0 radical (unpaired) electrons. The summed E-state index contributed by atoms with van der Waals surface area (Å²) in [5.74, 6) is -1.70. The molecule has 1 N–H and O–H groups in total. The van der Waals surface area contributed by atoms with E-state index in [1.165, 1.54) is 14.2 Å². The minimum Gasteiger partial charge on any atom is -0.469 e. The van der Waals surface area contributed by atoms with E-state index in [0.29, 0.717) is 0 Å². The molecule has 7 nitrogen and oxygen atoms in total. The minimum absolute atomic E-state index is 0.0553. The first kappa shape index (κ1) is 18.5. The molecule has 0 saturated carbocycles. The van der Waals surface area contributed by atoms with Crippen LogP contribution in [-0.4, -0.2) is 38.3 Å². The Hall–Kier alpha value is -2.57. The number of methoxy groups -OCH3 is 2. The van der Waals surface area contributed by atoms with Gasteiger partial charge in [-0.3, -0.25) is 4.79 Å². The van der Waals surface area contributed by atoms with Crippen LogP contribution in [0.5, 0.6) is 0 Å². The Kier molecular flexibility index (Phi) is 7.59. The normalized spacial score (nSPS) is 12.7. The number of amides is 1. The fourth-order valence-electron chi connectivity index (χ4n) is 1.91. The van der Waals surface area contributed by atoms with E-state index in [1.54, 1.807) is 6.92 Å². The van der Waals surface area contributed by atoms with Crippen LogP contribution in [-0.2, 0) is 30.4 Å². The van der Waals surface area contributed by atoms with Crippen molar-refractivity contribution >= 4 is 18.0 Å². The molecule has 1 aromatic rings. The molecule has 1 amide bonds. The lowest BCUT2D eigenvalue weighted by molar-refractivity contribution is -0.147. The highest BCUT2D eigenvalue weighted by atomic mass is 16.6. The fraction of sp³-hybridized carbons (Fsp3) is 0.438. The summed E-state index contributed by atoms with van der Waals surface area (Å²) in [7, 11) is 2.46. The SMILES string of the molecule is COC(=O)[C@H](C[C@H](C)C(=O)OC)NC(=O)OCc1ccccc1. The predicted molar refractivity (Wildman–Crippen MR) is 81.4 cm³/mol. The van der Waals surface area contributed by atoms with E-state index in [9.17, 15) is 14.4 Å². The molecule has 0 aliphatic rings. The second-order valence-corrected chi connectivity index (χ2v) is 4.94. The van der Waals surface area contributed by atoms with Crippen LogP contribution in [0.25, 0.3) is 0 Å². The standard InChI is InChI=1S/C16H21NO6/c1-11(14(18)21-2)9-13(15(19)22-3)17-16(20)23-10-12-7-5-4-6-8-12/h4-8,11,13H,9-10H2,1-3H3,(H,17,20)/t11-,13-/m0/s1. The molecule has 7 heteroatoms. The highest BCUT2D eigenvalue weighted by Crippen LogP contribution is 2.10. The number of carbonyl (C=O) groups is 3. The topological polar surface area (TPSA) is 90.9 Å². The van der Waals surface area contributed by atoms with Crippen molar-refractivity contribution < 1.29 is 28.6 Å². The average molecular weight is 323 g/mol. The van der Waals surface area contributed by atoms with Crippen molar-refractivity contribution in [3.05, 3.63) is 35.9 Å². The number of hydrogen-bond donors (Lipinski definition) is 1. The Morgan fingerprint density at radius 1 is 1.04 bits per heavy atom. The molecule has 2 atom stereocenters. The summed E-state index contributed by atoms with van der Waals surface area (Å²) in [6.45, 7) is 1.67. The highest BCUT2D eigenvalue weighted by Gasteiger charge is 2.27. The summed E-state index contributed by atoms with van der Waals surface area (Å²) in [6.07, 6.45) is -0.707. The van der Waals surface area contributed by atoms with Crippen molar-refractivity contribution in [1.82, 2.24) is 5.32 Å². The van der Waals surface area contributed by atoms with Gasteiger partial charge in [0.25, 0.3) is 0 Å². The molecule has 1 aromatic carbocycles. The van der Waals surface area contributed by atoms with Gasteiger partial charge >= 0.3 is 18.0 Å². The Bertz CT molecular complexity index is 531. The van der Waals surface area contributed by atoms with Crippen molar-refractivity contribution in [2.75, 3.05) is 14.2 Å². The van der Waals surface area contributed by atoms with E-state index in [1.807, 2.05) is 30.3 Å². The quantitative estimate of drug-likeness (QED) is 0.606. The fourth-order valence-corrected chi connectivity index (χ4v) is 1.91. The van der Waals surface area contributed by atoms with Crippen LogP contribution in [0.2, 0.25) is 0 Å². The zero-order chi connectivity index (χ0) is 17.2. The third-order valence-electron chi connectivity index (χ3n) is 3.18. The van der Waals surface area contributed by atoms with E-state index < -0.39 is 30.0 Å². The summed E-state index contributed by atoms with van der Waals surface area (Å²) < 4.78 is 14.3. The van der Waals surface area contributed by atoms with Gasteiger partial charge in [0.1, 0.15) is 12.6 Å². The van der Waals surface area contributed by atoms with Crippen molar-refractivity contribution in [3.63, 3.8) is 0 Å². The van der Waals surface area contributed by atoms with E-state index in [0.717, 1.165) is 5.56 Å². The second-order valence-electron chi connectivity index (χ2n) is 4.94. The summed E-state index contributed by atoms with van der Waals surface area (Å²) in [5, 5.41) is 2.40. The summed E-state index contributed by atoms with van der Waals surface area (Å²) in [5.41, 5.74) is 0.820. The summed E-state index contributed by atoms with van der Waals surface area (Å²) in [6, 6.07) is 8.13. The molecule has 0 aliphatic carbocycles. The van der Waals surface area contributed by atoms with Crippen molar-refractivity contribution in [2.45, 2.75) is 26.0 Å². The Balaban J connectivity index is 2.57. The lowest BCUT2D eigenvalue weighted by Crippen LogP contribution is -2.43. The molecule has 0 aliphatic heterocycles. The molecular weight excluding hydrogens is 302 g/mol. The van der Waals surface area contributed by atoms with Gasteiger partial charge < -0.3 is 19.5 Å². The molecule has 1 rings (SSSR count). The summed E-state index contributed by atoms with van der Waals surface area (Å²) in [4.78, 5) is 35.0. The summed E-state index contributed by atoms with van der Waals surface area (Å²) >= 11 is 0. The third kappa shape index (κ3) is 6.37. The molecule has 0 spiro atoms. The van der Waals surface area contributed by atoms with Gasteiger partial charge in [0, 0.05) is 0 Å². The molecule has 0 heterocycles. The molecule has 0 fully saturated rings. The zero-order valence-corrected chi connectivity index (χ0v) is 13.4. The zero-order valence-electron chi connectivity index (χ0n) is 13.4. The van der Waals surface area contributed by atoms with Gasteiger partial charge in [-0.2, -0.15) is 0 Å². The second kappa shape index (κ2) is 9.45. The van der Waals surface area contributed by atoms with E-state index >= 15 is 0 Å². The lowest BCUT2D eigenvalue weighted by atomic mass is 10.0. The number of rotatable bonds is 7. The molecule has 0 aromatic heterocycles. The largest absolute Gasteiger partial charge is 0.469 e. The van der Waals surface area contributed by atoms with Gasteiger partial charge in [-0.15, -0.1) is 0 Å². The minimum atomic E-state index is -0.989. The molecule has 0 unspecified atom stereocenters. The first-order chi connectivity index (χ1) is 11.0. The van der Waals surface area contributed by atoms with Crippen LogP contribution in [0.4, 0.5) is 4.79 Å². The van der Waals surface area contributed by atoms with Crippen molar-refractivity contribution in [1.29, 1.82) is 0 Å². The van der Waals surface area contributed by atoms with Crippen molar-refractivity contribution in [2.24, 2.45) is 5.92 Å². The van der Waals surface area contributed by atoms with Gasteiger partial charge in [0.2, 0.25) is 0 Å². The van der Waals surface area contributed by atoms with Crippen molar-refractivity contribution in [3.8, 4) is 0 Å². The predicted octanol–water partition coefficient (Wildman–Crippen LogP) is 1.65. The number of carbonyl (C=O) groups excluding carboxylic acids is 3. The maximum atomic E-state index is 11.8. The van der Waals surface area contributed by atoms with E-state index in [4.69, 9.17) is 4.74 Å². The lowest BCUT2D eigenvalue weighted by Gasteiger charge is -2.19. The first-order valence-electron chi connectivity index (χ1n) is 7.10. The molecule has 0 saturated heterocycles. The van der Waals surface area contributed by atoms with Gasteiger partial charge in [0.15, 0.2) is 0 Å². The van der Waals surface area contributed by atoms with E-state index in [-0.39, 0.29) is 13.0 Å². The van der Waals surface area contributed by atoms with Crippen LogP contribution in [0.3, 0.4) is 0 Å². The Labute approximate surface area is 134 Å². The van der Waals surface area contributed by atoms with Crippen LogP contribution < -0.4 is 5.32 Å². The Morgan fingerprint density at radius 3 is 2.22 bits per heavy atom. The van der Waals surface area contributed by atoms with Gasteiger partial charge in [0.05, 0.1) is 20.1 Å². The molecule has 0 bridgehead atoms. The van der Waals surface area contributed by atoms with Gasteiger partial charge in [-0.05, 0) is 12.0 Å². The van der Waals surface area contributed by atoms with Crippen LogP contribution >= 0.6 is 0 Å². The molecule has 23 heavy (non-hydrogen) atoms. The number of ether oxygens (including phenoxy) is 3. The van der Waals surface area contributed by atoms with Crippen LogP contribution in [0, 0.1) is 5.92 Å². The highest BCUT2D eigenvalue weighted by molar-refractivity contribution is 5.82. The number of alkyl carbamates (subject to hydrolysis) is 1. The van der Waals surface area contributed by atoms with Crippen LogP contribution in [0.15, 0.2) is 30.3 Å². The van der Waals surface area contributed by atoms with E-state index in [2.05, 4.69) is 14.8 Å². The average Bonchev–Trinajstić information content (AvgIpc) is 2.58. The number of benzene rings is 1. The smallest absolute Gasteiger partial charge is 0.408 e. The van der Waals surface area contributed by atoms with Gasteiger partial charge in [-0.1, -0.05) is 37.3 Å². The Morgan fingerprint density at radius 2 is 1.65 bits per heavy atom. The maximum absolute atomic E-state index is 11.8.